The Morgan fingerprint density at radius 2 is 2.23 bits per heavy atom. The van der Waals surface area contributed by atoms with Crippen LogP contribution in [0.25, 0.3) is 0 Å². The highest BCUT2D eigenvalue weighted by atomic mass is 16.5. The van der Waals surface area contributed by atoms with Crippen molar-refractivity contribution in [2.45, 2.75) is 19.8 Å². The predicted octanol–water partition coefficient (Wildman–Crippen LogP) is 0.386. The number of imide groups is 1. The van der Waals surface area contributed by atoms with E-state index in [4.69, 9.17) is 4.74 Å². The summed E-state index contributed by atoms with van der Waals surface area (Å²) in [6.07, 6.45) is 0.918. The minimum Gasteiger partial charge on any atom is -0.384 e. The van der Waals surface area contributed by atoms with Gasteiger partial charge >= 0.3 is 0 Å². The molecule has 0 unspecified atom stereocenters. The molecule has 0 spiro atoms. The molecule has 0 atom stereocenters. The molecule has 2 amide bonds. The van der Waals surface area contributed by atoms with Gasteiger partial charge in [0, 0.05) is 19.3 Å². The number of hydrogen-bond acceptors (Lipinski definition) is 3. The van der Waals surface area contributed by atoms with Gasteiger partial charge in [-0.25, -0.2) is 0 Å². The lowest BCUT2D eigenvalue weighted by atomic mass is 10.1. The number of carbonyl (C=O) groups is 2. The molecule has 0 aromatic heterocycles. The summed E-state index contributed by atoms with van der Waals surface area (Å²) in [5.74, 6) is -0.463. The van der Waals surface area contributed by atoms with E-state index in [1.165, 1.54) is 0 Å². The zero-order valence-electron chi connectivity index (χ0n) is 7.85. The van der Waals surface area contributed by atoms with E-state index in [1.54, 1.807) is 7.11 Å². The van der Waals surface area contributed by atoms with Gasteiger partial charge in [0.2, 0.25) is 5.91 Å². The summed E-state index contributed by atoms with van der Waals surface area (Å²) in [7, 11) is 1.61. The van der Waals surface area contributed by atoms with Gasteiger partial charge in [0.15, 0.2) is 0 Å². The molecule has 0 bridgehead atoms. The van der Waals surface area contributed by atoms with Crippen molar-refractivity contribution in [2.24, 2.45) is 0 Å². The van der Waals surface area contributed by atoms with Crippen molar-refractivity contribution in [3.8, 4) is 0 Å². The van der Waals surface area contributed by atoms with E-state index in [2.05, 4.69) is 5.32 Å². The van der Waals surface area contributed by atoms with E-state index >= 15 is 0 Å². The average Bonchev–Trinajstić information content (AvgIpc) is 2.41. The van der Waals surface area contributed by atoms with Crippen LogP contribution < -0.4 is 5.32 Å². The number of methoxy groups -OCH3 is 1. The van der Waals surface area contributed by atoms with E-state index in [0.29, 0.717) is 18.6 Å². The number of hydrogen-bond donors (Lipinski definition) is 1. The van der Waals surface area contributed by atoms with Gasteiger partial charge in [-0.15, -0.1) is 0 Å². The third-order valence-electron chi connectivity index (χ3n) is 2.06. The topological polar surface area (TPSA) is 55.4 Å². The SMILES string of the molecule is COCC/C(C)=C1/CC(=O)NC1=O. The number of amides is 2. The highest BCUT2D eigenvalue weighted by Crippen LogP contribution is 2.16. The van der Waals surface area contributed by atoms with Gasteiger partial charge in [-0.2, -0.15) is 0 Å². The Labute approximate surface area is 76.9 Å². The summed E-state index contributed by atoms with van der Waals surface area (Å²) >= 11 is 0. The van der Waals surface area contributed by atoms with Crippen LogP contribution in [0.15, 0.2) is 11.1 Å². The van der Waals surface area contributed by atoms with Crippen molar-refractivity contribution in [3.05, 3.63) is 11.1 Å². The molecule has 0 aromatic rings. The Bertz CT molecular complexity index is 268. The molecule has 1 saturated heterocycles. The molecular weight excluding hydrogens is 170 g/mol. The largest absolute Gasteiger partial charge is 0.384 e. The molecule has 0 saturated carbocycles. The molecule has 1 rings (SSSR count). The number of rotatable bonds is 3. The lowest BCUT2D eigenvalue weighted by Gasteiger charge is -2.02. The first kappa shape index (κ1) is 9.92. The maximum Gasteiger partial charge on any atom is 0.254 e. The van der Waals surface area contributed by atoms with Crippen LogP contribution in [0.2, 0.25) is 0 Å². The van der Waals surface area contributed by atoms with Crippen molar-refractivity contribution >= 4 is 11.8 Å². The molecule has 0 aromatic carbocycles. The standard InChI is InChI=1S/C9H13NO3/c1-6(3-4-13-2)7-5-8(11)10-9(7)12/h3-5H2,1-2H3,(H,10,11,12)/b7-6-. The van der Waals surface area contributed by atoms with E-state index in [0.717, 1.165) is 5.57 Å². The van der Waals surface area contributed by atoms with Crippen LogP contribution in [0.4, 0.5) is 0 Å². The smallest absolute Gasteiger partial charge is 0.254 e. The quantitative estimate of drug-likeness (QED) is 0.508. The molecule has 72 valence electrons. The van der Waals surface area contributed by atoms with E-state index < -0.39 is 0 Å². The number of nitrogens with one attached hydrogen (secondary N) is 1. The van der Waals surface area contributed by atoms with Crippen LogP contribution in [0.3, 0.4) is 0 Å². The monoisotopic (exact) mass is 183 g/mol. The summed E-state index contributed by atoms with van der Waals surface area (Å²) in [4.78, 5) is 22.0. The molecule has 1 fully saturated rings. The molecule has 1 aliphatic rings. The molecule has 4 nitrogen and oxygen atoms in total. The number of ether oxygens (including phenoxy) is 1. The Morgan fingerprint density at radius 3 is 2.69 bits per heavy atom. The van der Waals surface area contributed by atoms with Crippen molar-refractivity contribution in [2.75, 3.05) is 13.7 Å². The zero-order chi connectivity index (χ0) is 9.84. The molecule has 1 aliphatic heterocycles. The van der Waals surface area contributed by atoms with Gasteiger partial charge in [-0.05, 0) is 13.3 Å². The van der Waals surface area contributed by atoms with Gasteiger partial charge in [0.05, 0.1) is 6.42 Å². The first-order chi connectivity index (χ1) is 6.15. The third kappa shape index (κ3) is 2.39. The summed E-state index contributed by atoms with van der Waals surface area (Å²) in [5.41, 5.74) is 1.53. The first-order valence-corrected chi connectivity index (χ1v) is 4.17. The van der Waals surface area contributed by atoms with Crippen LogP contribution in [-0.2, 0) is 14.3 Å². The van der Waals surface area contributed by atoms with Crippen LogP contribution in [0.5, 0.6) is 0 Å². The highest BCUT2D eigenvalue weighted by Gasteiger charge is 2.25. The molecule has 4 heteroatoms. The Hall–Kier alpha value is -1.16. The van der Waals surface area contributed by atoms with E-state index in [1.807, 2.05) is 6.92 Å². The highest BCUT2D eigenvalue weighted by molar-refractivity contribution is 6.13. The van der Waals surface area contributed by atoms with Crippen LogP contribution in [0.1, 0.15) is 19.8 Å². The molecule has 1 heterocycles. The fourth-order valence-electron chi connectivity index (χ4n) is 1.24. The molecular formula is C9H13NO3. The summed E-state index contributed by atoms with van der Waals surface area (Å²) < 4.78 is 4.88. The van der Waals surface area contributed by atoms with Crippen LogP contribution >= 0.6 is 0 Å². The Kier molecular flexibility index (Phi) is 3.19. The minimum atomic E-state index is -0.251. The molecule has 0 radical (unpaired) electrons. The fourth-order valence-corrected chi connectivity index (χ4v) is 1.24. The second-order valence-corrected chi connectivity index (χ2v) is 3.06. The molecule has 1 N–H and O–H groups in total. The lowest BCUT2D eigenvalue weighted by molar-refractivity contribution is -0.124. The van der Waals surface area contributed by atoms with Gasteiger partial charge in [0.1, 0.15) is 0 Å². The van der Waals surface area contributed by atoms with Crippen molar-refractivity contribution in [3.63, 3.8) is 0 Å². The van der Waals surface area contributed by atoms with Crippen LogP contribution in [-0.4, -0.2) is 25.5 Å². The Balaban J connectivity index is 2.67. The maximum atomic E-state index is 11.2. The fraction of sp³-hybridized carbons (Fsp3) is 0.556. The number of carbonyl (C=O) groups excluding carboxylic acids is 2. The minimum absolute atomic E-state index is 0.211. The summed E-state index contributed by atoms with van der Waals surface area (Å²) in [6.45, 7) is 2.43. The van der Waals surface area contributed by atoms with Gasteiger partial charge in [-0.1, -0.05) is 5.57 Å². The molecule has 13 heavy (non-hydrogen) atoms. The van der Waals surface area contributed by atoms with Crippen molar-refractivity contribution in [1.82, 2.24) is 5.32 Å². The molecule has 0 aliphatic carbocycles. The average molecular weight is 183 g/mol. The second-order valence-electron chi connectivity index (χ2n) is 3.06. The third-order valence-corrected chi connectivity index (χ3v) is 2.06. The van der Waals surface area contributed by atoms with Crippen LogP contribution in [0, 0.1) is 0 Å². The zero-order valence-corrected chi connectivity index (χ0v) is 7.85. The van der Waals surface area contributed by atoms with Gasteiger partial charge in [-0.3, -0.25) is 14.9 Å². The summed E-state index contributed by atoms with van der Waals surface area (Å²) in [5, 5.41) is 2.25. The van der Waals surface area contributed by atoms with Crippen molar-refractivity contribution < 1.29 is 14.3 Å². The van der Waals surface area contributed by atoms with E-state index in [-0.39, 0.29) is 18.2 Å². The second kappa shape index (κ2) is 4.18. The normalized spacial score (nSPS) is 20.5. The lowest BCUT2D eigenvalue weighted by Crippen LogP contribution is -2.19. The van der Waals surface area contributed by atoms with E-state index in [9.17, 15) is 9.59 Å². The van der Waals surface area contributed by atoms with Gasteiger partial charge < -0.3 is 4.74 Å². The van der Waals surface area contributed by atoms with Crippen molar-refractivity contribution in [1.29, 1.82) is 0 Å². The predicted molar refractivity (Wildman–Crippen MR) is 47.0 cm³/mol. The van der Waals surface area contributed by atoms with Gasteiger partial charge in [0.25, 0.3) is 5.91 Å². The Morgan fingerprint density at radius 1 is 1.54 bits per heavy atom. The summed E-state index contributed by atoms with van der Waals surface area (Å²) in [6, 6.07) is 0. The first-order valence-electron chi connectivity index (χ1n) is 4.17. The maximum absolute atomic E-state index is 11.2.